The first-order valence-corrected chi connectivity index (χ1v) is 8.09. The third kappa shape index (κ3) is 7.25. The van der Waals surface area contributed by atoms with Crippen molar-refractivity contribution in [3.63, 3.8) is 0 Å². The Morgan fingerprint density at radius 2 is 1.37 bits per heavy atom. The Morgan fingerprint density at radius 3 is 1.95 bits per heavy atom. The second-order valence-electron chi connectivity index (χ2n) is 5.83. The van der Waals surface area contributed by atoms with Crippen LogP contribution in [-0.2, 0) is 0 Å². The molecule has 1 heteroatoms. The molecule has 0 amide bonds. The van der Waals surface area contributed by atoms with Crippen LogP contribution < -0.4 is 5.73 Å². The lowest BCUT2D eigenvalue weighted by Gasteiger charge is -2.12. The third-order valence-corrected chi connectivity index (χ3v) is 4.00. The third-order valence-electron chi connectivity index (χ3n) is 4.00. The maximum absolute atomic E-state index is 5.72. The molecular formula is C18H31N. The summed E-state index contributed by atoms with van der Waals surface area (Å²) in [4.78, 5) is 0. The van der Waals surface area contributed by atoms with Crippen molar-refractivity contribution in [2.75, 3.05) is 5.73 Å². The van der Waals surface area contributed by atoms with Crippen LogP contribution in [0.25, 0.3) is 0 Å². The zero-order valence-electron chi connectivity index (χ0n) is 12.8. The van der Waals surface area contributed by atoms with Crippen molar-refractivity contribution in [2.45, 2.75) is 77.6 Å². The highest BCUT2D eigenvalue weighted by Crippen LogP contribution is 2.23. The van der Waals surface area contributed by atoms with Gasteiger partial charge in [0.2, 0.25) is 0 Å². The number of rotatable bonds is 10. The van der Waals surface area contributed by atoms with Crippen LogP contribution in [0.2, 0.25) is 0 Å². The van der Waals surface area contributed by atoms with E-state index in [-0.39, 0.29) is 0 Å². The summed E-state index contributed by atoms with van der Waals surface area (Å²) in [7, 11) is 0. The van der Waals surface area contributed by atoms with E-state index in [1.165, 1.54) is 63.4 Å². The van der Waals surface area contributed by atoms with Crippen LogP contribution in [0.4, 0.5) is 5.69 Å². The lowest BCUT2D eigenvalue weighted by molar-refractivity contribution is 0.543. The Morgan fingerprint density at radius 1 is 0.842 bits per heavy atom. The average Bonchev–Trinajstić information content (AvgIpc) is 2.42. The van der Waals surface area contributed by atoms with E-state index in [9.17, 15) is 0 Å². The van der Waals surface area contributed by atoms with Crippen molar-refractivity contribution in [3.8, 4) is 0 Å². The predicted molar refractivity (Wildman–Crippen MR) is 86.5 cm³/mol. The van der Waals surface area contributed by atoms with E-state index < -0.39 is 0 Å². The van der Waals surface area contributed by atoms with Crippen molar-refractivity contribution in [3.05, 3.63) is 29.8 Å². The predicted octanol–water partition coefficient (Wildman–Crippen LogP) is 5.90. The molecule has 0 aliphatic carbocycles. The maximum Gasteiger partial charge on any atom is 0.0314 e. The molecule has 1 nitrogen and oxygen atoms in total. The second-order valence-corrected chi connectivity index (χ2v) is 5.83. The quantitative estimate of drug-likeness (QED) is 0.411. The average molecular weight is 261 g/mol. The molecular weight excluding hydrogens is 230 g/mol. The van der Waals surface area contributed by atoms with Crippen molar-refractivity contribution in [2.24, 2.45) is 0 Å². The molecule has 19 heavy (non-hydrogen) atoms. The van der Waals surface area contributed by atoms with Gasteiger partial charge in [-0.1, -0.05) is 77.3 Å². The van der Waals surface area contributed by atoms with E-state index in [1.807, 2.05) is 12.1 Å². The van der Waals surface area contributed by atoms with Gasteiger partial charge in [0.15, 0.2) is 0 Å². The fourth-order valence-electron chi connectivity index (χ4n) is 2.58. The van der Waals surface area contributed by atoms with E-state index in [1.54, 1.807) is 0 Å². The second kappa shape index (κ2) is 9.89. The molecule has 0 heterocycles. The lowest BCUT2D eigenvalue weighted by Crippen LogP contribution is -1.94. The molecule has 1 aromatic rings. The standard InChI is InChI=1S/C18H31N/c1-3-4-5-6-7-8-9-10-11-16(2)17-12-14-18(19)15-13-17/h12-16H,3-11,19H2,1-2H3. The van der Waals surface area contributed by atoms with Gasteiger partial charge in [-0.2, -0.15) is 0 Å². The van der Waals surface area contributed by atoms with E-state index in [0.717, 1.165) is 5.69 Å². The Labute approximate surface area is 119 Å². The first-order chi connectivity index (χ1) is 9.24. The molecule has 0 aliphatic heterocycles. The lowest BCUT2D eigenvalue weighted by atomic mass is 9.94. The van der Waals surface area contributed by atoms with E-state index >= 15 is 0 Å². The Hall–Kier alpha value is -0.980. The van der Waals surface area contributed by atoms with Gasteiger partial charge in [-0.05, 0) is 30.0 Å². The maximum atomic E-state index is 5.72. The first kappa shape index (κ1) is 16.1. The van der Waals surface area contributed by atoms with Gasteiger partial charge in [-0.25, -0.2) is 0 Å². The summed E-state index contributed by atoms with van der Waals surface area (Å²) < 4.78 is 0. The van der Waals surface area contributed by atoms with E-state index in [4.69, 9.17) is 5.73 Å². The van der Waals surface area contributed by atoms with Gasteiger partial charge >= 0.3 is 0 Å². The van der Waals surface area contributed by atoms with Crippen LogP contribution in [0.3, 0.4) is 0 Å². The Kier molecular flexibility index (Phi) is 8.36. The fraction of sp³-hybridized carbons (Fsp3) is 0.667. The summed E-state index contributed by atoms with van der Waals surface area (Å²) in [5.41, 5.74) is 8.01. The molecule has 2 N–H and O–H groups in total. The van der Waals surface area contributed by atoms with Crippen molar-refractivity contribution in [1.82, 2.24) is 0 Å². The van der Waals surface area contributed by atoms with E-state index in [0.29, 0.717) is 5.92 Å². The normalized spacial score (nSPS) is 12.5. The molecule has 0 radical (unpaired) electrons. The molecule has 0 saturated heterocycles. The van der Waals surface area contributed by atoms with E-state index in [2.05, 4.69) is 26.0 Å². The van der Waals surface area contributed by atoms with Crippen LogP contribution in [-0.4, -0.2) is 0 Å². The minimum atomic E-state index is 0.667. The SMILES string of the molecule is CCCCCCCCCCC(C)c1ccc(N)cc1. The number of unbranched alkanes of at least 4 members (excludes halogenated alkanes) is 7. The fourth-order valence-corrected chi connectivity index (χ4v) is 2.58. The molecule has 1 atom stereocenters. The highest BCUT2D eigenvalue weighted by Gasteiger charge is 2.04. The number of benzene rings is 1. The first-order valence-electron chi connectivity index (χ1n) is 8.09. The Bertz CT molecular complexity index is 315. The summed E-state index contributed by atoms with van der Waals surface area (Å²) in [6.07, 6.45) is 12.5. The molecule has 1 aromatic carbocycles. The highest BCUT2D eigenvalue weighted by atomic mass is 14.5. The molecule has 108 valence electrons. The molecule has 0 bridgehead atoms. The van der Waals surface area contributed by atoms with Gasteiger partial charge in [-0.3, -0.25) is 0 Å². The number of nitrogens with two attached hydrogens (primary N) is 1. The number of nitrogen functional groups attached to an aromatic ring is 1. The molecule has 0 spiro atoms. The van der Waals surface area contributed by atoms with Crippen molar-refractivity contribution < 1.29 is 0 Å². The van der Waals surface area contributed by atoms with Crippen LogP contribution in [0.1, 0.15) is 83.1 Å². The molecule has 1 rings (SSSR count). The zero-order valence-corrected chi connectivity index (χ0v) is 12.8. The molecule has 0 saturated carbocycles. The summed E-state index contributed by atoms with van der Waals surface area (Å²) in [6.45, 7) is 4.60. The minimum absolute atomic E-state index is 0.667. The smallest absolute Gasteiger partial charge is 0.0314 e. The van der Waals surface area contributed by atoms with Gasteiger partial charge < -0.3 is 5.73 Å². The topological polar surface area (TPSA) is 26.0 Å². The van der Waals surface area contributed by atoms with Crippen molar-refractivity contribution in [1.29, 1.82) is 0 Å². The van der Waals surface area contributed by atoms with Crippen LogP contribution >= 0.6 is 0 Å². The minimum Gasteiger partial charge on any atom is -0.399 e. The largest absolute Gasteiger partial charge is 0.399 e. The molecule has 0 aliphatic rings. The van der Waals surface area contributed by atoms with Crippen LogP contribution in [0.15, 0.2) is 24.3 Å². The summed E-state index contributed by atoms with van der Waals surface area (Å²) in [6, 6.07) is 8.37. The van der Waals surface area contributed by atoms with Gasteiger partial charge in [-0.15, -0.1) is 0 Å². The van der Waals surface area contributed by atoms with Crippen LogP contribution in [0.5, 0.6) is 0 Å². The van der Waals surface area contributed by atoms with Gasteiger partial charge in [0, 0.05) is 5.69 Å². The number of hydrogen-bond acceptors (Lipinski definition) is 1. The van der Waals surface area contributed by atoms with Gasteiger partial charge in [0.25, 0.3) is 0 Å². The summed E-state index contributed by atoms with van der Waals surface area (Å²) in [5.74, 6) is 0.667. The summed E-state index contributed by atoms with van der Waals surface area (Å²) >= 11 is 0. The highest BCUT2D eigenvalue weighted by molar-refractivity contribution is 5.40. The molecule has 0 aromatic heterocycles. The molecule has 1 unspecified atom stereocenters. The molecule has 0 fully saturated rings. The number of hydrogen-bond donors (Lipinski definition) is 1. The zero-order chi connectivity index (χ0) is 13.9. The Balaban J connectivity index is 2.04. The van der Waals surface area contributed by atoms with Gasteiger partial charge in [0.1, 0.15) is 0 Å². The summed E-state index contributed by atoms with van der Waals surface area (Å²) in [5, 5.41) is 0. The van der Waals surface area contributed by atoms with Crippen LogP contribution in [0, 0.1) is 0 Å². The van der Waals surface area contributed by atoms with Crippen molar-refractivity contribution >= 4 is 5.69 Å². The number of anilines is 1. The monoisotopic (exact) mass is 261 g/mol. The van der Waals surface area contributed by atoms with Gasteiger partial charge in [0.05, 0.1) is 0 Å².